The van der Waals surface area contributed by atoms with Crippen LogP contribution in [0, 0.1) is 11.8 Å². The second kappa shape index (κ2) is 10.4. The van der Waals surface area contributed by atoms with Gasteiger partial charge in [0.25, 0.3) is 0 Å². The Morgan fingerprint density at radius 3 is 2.23 bits per heavy atom. The minimum absolute atomic E-state index is 0.0108. The van der Waals surface area contributed by atoms with Crippen molar-refractivity contribution < 1.29 is 17.9 Å². The number of esters is 1. The summed E-state index contributed by atoms with van der Waals surface area (Å²) in [6, 6.07) is 0.553. The molecular weight excluding hydrogens is 400 g/mol. The molecule has 4 aliphatic rings. The van der Waals surface area contributed by atoms with E-state index in [0.717, 1.165) is 64.2 Å². The van der Waals surface area contributed by atoms with Crippen LogP contribution in [0.4, 0.5) is 0 Å². The fourth-order valence-corrected chi connectivity index (χ4v) is 7.15. The van der Waals surface area contributed by atoms with Gasteiger partial charge in [0, 0.05) is 38.6 Å². The van der Waals surface area contributed by atoms with Crippen LogP contribution in [0.5, 0.6) is 0 Å². The normalized spacial score (nSPS) is 38.9. The third kappa shape index (κ3) is 5.45. The van der Waals surface area contributed by atoms with E-state index in [-0.39, 0.29) is 23.4 Å². The Kier molecular flexibility index (Phi) is 7.87. The van der Waals surface area contributed by atoms with E-state index in [1.807, 2.05) is 0 Å². The molecule has 0 aromatic carbocycles. The average Bonchev–Trinajstić information content (AvgIpc) is 3.20. The summed E-state index contributed by atoms with van der Waals surface area (Å²) in [5.74, 6) is 1.44. The average molecular weight is 441 g/mol. The van der Waals surface area contributed by atoms with Gasteiger partial charge in [0.05, 0.1) is 18.0 Å². The largest absolute Gasteiger partial charge is 0.464 e. The first kappa shape index (κ1) is 22.7. The van der Waals surface area contributed by atoms with Gasteiger partial charge < -0.3 is 4.74 Å². The van der Waals surface area contributed by atoms with Crippen LogP contribution in [0.2, 0.25) is 0 Å². The summed E-state index contributed by atoms with van der Waals surface area (Å²) in [7, 11) is 0. The molecule has 2 aliphatic carbocycles. The summed E-state index contributed by atoms with van der Waals surface area (Å²) < 4.78 is 23.8. The van der Waals surface area contributed by atoms with E-state index in [1.165, 1.54) is 25.7 Å². The highest BCUT2D eigenvalue weighted by Gasteiger charge is 2.37. The number of carbonyl (C=O) groups excluding carboxylic acids is 1. The molecule has 4 fully saturated rings. The molecule has 2 saturated heterocycles. The maximum Gasteiger partial charge on any atom is 0.323 e. The van der Waals surface area contributed by atoms with E-state index in [2.05, 4.69) is 23.6 Å². The Bertz CT molecular complexity index is 594. The molecule has 3 atom stereocenters. The van der Waals surface area contributed by atoms with Crippen molar-refractivity contribution in [3.05, 3.63) is 0 Å². The van der Waals surface area contributed by atoms with Crippen molar-refractivity contribution in [2.24, 2.45) is 11.8 Å². The summed E-state index contributed by atoms with van der Waals surface area (Å²) in [6.07, 6.45) is 9.95. The van der Waals surface area contributed by atoms with Gasteiger partial charge in [0.2, 0.25) is 0 Å². The highest BCUT2D eigenvalue weighted by Crippen LogP contribution is 2.33. The van der Waals surface area contributed by atoms with Crippen molar-refractivity contribution in [1.82, 2.24) is 9.80 Å². The van der Waals surface area contributed by atoms with Crippen LogP contribution in [0.25, 0.3) is 0 Å². The fourth-order valence-electron chi connectivity index (χ4n) is 5.87. The minimum Gasteiger partial charge on any atom is -0.464 e. The molecule has 0 N–H and O–H groups in total. The van der Waals surface area contributed by atoms with E-state index in [9.17, 15) is 9.00 Å². The first-order chi connectivity index (χ1) is 14.5. The number of carbonyl (C=O) groups is 1. The quantitative estimate of drug-likeness (QED) is 0.592. The zero-order valence-electron chi connectivity index (χ0n) is 18.8. The van der Waals surface area contributed by atoms with Crippen molar-refractivity contribution in [1.29, 1.82) is 0 Å². The summed E-state index contributed by atoms with van der Waals surface area (Å²) >= 11 is -1.11. The van der Waals surface area contributed by atoms with Gasteiger partial charge in [0.1, 0.15) is 6.04 Å². The molecule has 30 heavy (non-hydrogen) atoms. The standard InChI is InChI=1S/C23H40N2O4S/c1-17-3-9-21(10-4-17)30(27)29-20-7-5-19(6-8-20)18(2)24-12-14-25(15-13-24)22-11-16-28-23(22)26/h17-22H,3-16H2,1-2H3. The van der Waals surface area contributed by atoms with Gasteiger partial charge in [-0.1, -0.05) is 6.92 Å². The van der Waals surface area contributed by atoms with Crippen molar-refractivity contribution in [2.75, 3.05) is 32.8 Å². The SMILES string of the molecule is CC1CCC(S(=O)OC2CCC(C(C)N3CCN(C4CCOC4=O)CC3)CC2)CC1. The lowest BCUT2D eigenvalue weighted by atomic mass is 9.82. The van der Waals surface area contributed by atoms with E-state index in [1.54, 1.807) is 0 Å². The smallest absolute Gasteiger partial charge is 0.323 e. The molecule has 3 unspecified atom stereocenters. The number of piperazine rings is 1. The Labute approximate surface area is 184 Å². The maximum atomic E-state index is 12.6. The van der Waals surface area contributed by atoms with Crippen molar-refractivity contribution in [3.8, 4) is 0 Å². The molecule has 7 heteroatoms. The molecule has 2 heterocycles. The lowest BCUT2D eigenvalue weighted by molar-refractivity contribution is -0.143. The molecule has 0 amide bonds. The van der Waals surface area contributed by atoms with Crippen LogP contribution >= 0.6 is 0 Å². The Morgan fingerprint density at radius 1 is 0.967 bits per heavy atom. The molecule has 4 rings (SSSR count). The molecule has 0 spiro atoms. The first-order valence-corrected chi connectivity index (χ1v) is 13.4. The topological polar surface area (TPSA) is 59.1 Å². The van der Waals surface area contributed by atoms with Crippen molar-refractivity contribution >= 4 is 17.0 Å². The van der Waals surface area contributed by atoms with Gasteiger partial charge in [-0.25, -0.2) is 4.21 Å². The van der Waals surface area contributed by atoms with E-state index in [0.29, 0.717) is 18.6 Å². The van der Waals surface area contributed by atoms with E-state index >= 15 is 0 Å². The zero-order chi connectivity index (χ0) is 21.1. The molecular formula is C23H40N2O4S. The summed E-state index contributed by atoms with van der Waals surface area (Å²) in [4.78, 5) is 16.8. The molecule has 2 aliphatic heterocycles. The number of cyclic esters (lactones) is 1. The number of hydrogen-bond donors (Lipinski definition) is 0. The highest BCUT2D eigenvalue weighted by atomic mass is 32.2. The predicted molar refractivity (Wildman–Crippen MR) is 118 cm³/mol. The van der Waals surface area contributed by atoms with E-state index in [4.69, 9.17) is 8.92 Å². The monoisotopic (exact) mass is 440 g/mol. The van der Waals surface area contributed by atoms with E-state index < -0.39 is 11.1 Å². The van der Waals surface area contributed by atoms with Gasteiger partial charge in [-0.05, 0) is 70.1 Å². The highest BCUT2D eigenvalue weighted by molar-refractivity contribution is 7.80. The van der Waals surface area contributed by atoms with Gasteiger partial charge in [-0.15, -0.1) is 0 Å². The molecule has 6 nitrogen and oxygen atoms in total. The number of hydrogen-bond acceptors (Lipinski definition) is 6. The lowest BCUT2D eigenvalue weighted by Gasteiger charge is -2.43. The van der Waals surface area contributed by atoms with Gasteiger partial charge in [-0.3, -0.25) is 18.8 Å². The Balaban J connectivity index is 1.17. The lowest BCUT2D eigenvalue weighted by Crippen LogP contribution is -2.55. The third-order valence-corrected chi connectivity index (χ3v) is 9.62. The maximum absolute atomic E-state index is 12.6. The number of nitrogens with zero attached hydrogens (tertiary/aromatic N) is 2. The van der Waals surface area contributed by atoms with Crippen LogP contribution in [0.3, 0.4) is 0 Å². The van der Waals surface area contributed by atoms with Crippen molar-refractivity contribution in [3.63, 3.8) is 0 Å². The number of ether oxygens (including phenoxy) is 1. The van der Waals surface area contributed by atoms with Gasteiger partial charge in [-0.2, -0.15) is 0 Å². The molecule has 0 radical (unpaired) electrons. The second-order valence-corrected chi connectivity index (χ2v) is 11.4. The Morgan fingerprint density at radius 2 is 1.63 bits per heavy atom. The van der Waals surface area contributed by atoms with Crippen LogP contribution in [-0.4, -0.2) is 76.2 Å². The molecule has 172 valence electrons. The zero-order valence-corrected chi connectivity index (χ0v) is 19.6. The van der Waals surface area contributed by atoms with Gasteiger partial charge in [0.15, 0.2) is 11.1 Å². The fraction of sp³-hybridized carbons (Fsp3) is 0.957. The second-order valence-electron chi connectivity index (χ2n) is 10.1. The molecule has 0 bridgehead atoms. The molecule has 2 saturated carbocycles. The minimum atomic E-state index is -1.11. The Hall–Kier alpha value is -0.500. The summed E-state index contributed by atoms with van der Waals surface area (Å²) in [6.45, 7) is 9.23. The molecule has 0 aromatic heterocycles. The molecule has 0 aromatic rings. The van der Waals surface area contributed by atoms with Gasteiger partial charge >= 0.3 is 5.97 Å². The first-order valence-electron chi connectivity index (χ1n) is 12.2. The predicted octanol–water partition coefficient (Wildman–Crippen LogP) is 3.13. The third-order valence-electron chi connectivity index (χ3n) is 8.14. The van der Waals surface area contributed by atoms with Crippen molar-refractivity contribution in [2.45, 2.75) is 95.1 Å². The summed E-state index contributed by atoms with van der Waals surface area (Å²) in [5.41, 5.74) is 0. The summed E-state index contributed by atoms with van der Waals surface area (Å²) in [5, 5.41) is 0.256. The van der Waals surface area contributed by atoms with Crippen LogP contribution in [0.1, 0.15) is 71.6 Å². The number of rotatable bonds is 6. The van der Waals surface area contributed by atoms with Crippen LogP contribution in [0.15, 0.2) is 0 Å². The van der Waals surface area contributed by atoms with Crippen LogP contribution < -0.4 is 0 Å². The van der Waals surface area contributed by atoms with Crippen LogP contribution in [-0.2, 0) is 24.8 Å².